The number of aliphatic hydroxyl groups excluding tert-OH is 1. The normalized spacial score (nSPS) is 23.1. The Kier molecular flexibility index (Phi) is 18.6. The van der Waals surface area contributed by atoms with Crippen LogP contribution in [0.25, 0.3) is 0 Å². The lowest BCUT2D eigenvalue weighted by atomic mass is 9.89. The van der Waals surface area contributed by atoms with Crippen molar-refractivity contribution in [2.75, 3.05) is 13.2 Å². The summed E-state index contributed by atoms with van der Waals surface area (Å²) in [7, 11) is 0. The number of carbonyl (C=O) groups is 1. The topological polar surface area (TPSA) is 94.5 Å². The third-order valence-electron chi connectivity index (χ3n) is 7.77. The zero-order valence-corrected chi connectivity index (χ0v) is 26.4. The molecule has 0 radical (unpaired) electrons. The van der Waals surface area contributed by atoms with Crippen molar-refractivity contribution in [3.63, 3.8) is 0 Å². The highest BCUT2D eigenvalue weighted by Gasteiger charge is 2.42. The van der Waals surface area contributed by atoms with E-state index in [1.54, 1.807) is 0 Å². The summed E-state index contributed by atoms with van der Waals surface area (Å²) in [6, 6.07) is 10.4. The standard InChI is InChI=1S/C35H56O7/c1-5-7-24-39-27(3)41-30(21-20-29-16-12-11-13-17-29)22-23-32-31(18-14-9-10-15-19-35(37)38)33(36)26-34(32)42-28(4)40-25-8-6-2/h9,11-14,16-17,22-23,27-28,30-34,36H,5-8,10,15,18-21,24-26H2,1-4H3,(H,37,38)/b14-9-,23-22+/t27-,28-,30+,31-,32-,33-,34-/m1/s1. The summed E-state index contributed by atoms with van der Waals surface area (Å²) in [5, 5.41) is 20.0. The van der Waals surface area contributed by atoms with Crippen LogP contribution in [0.3, 0.4) is 0 Å². The Hall–Kier alpha value is -2.03. The van der Waals surface area contributed by atoms with Crippen molar-refractivity contribution in [2.45, 2.75) is 129 Å². The molecule has 7 atom stereocenters. The van der Waals surface area contributed by atoms with Gasteiger partial charge in [-0.1, -0.05) is 81.3 Å². The molecule has 7 heteroatoms. The lowest BCUT2D eigenvalue weighted by molar-refractivity contribution is -0.166. The van der Waals surface area contributed by atoms with Gasteiger partial charge in [0.15, 0.2) is 12.6 Å². The quantitative estimate of drug-likeness (QED) is 0.0778. The SMILES string of the molecule is CCCCO[C@@H](C)O[C@H](/C=C/[C@@H]1[C@@H](C/C=C\CCCC(=O)O)[C@H](O)C[C@H]1O[C@H](C)OCCCC)CCc1ccccc1. The van der Waals surface area contributed by atoms with Crippen LogP contribution in [0.5, 0.6) is 0 Å². The molecule has 42 heavy (non-hydrogen) atoms. The van der Waals surface area contributed by atoms with Crippen LogP contribution in [0.15, 0.2) is 54.6 Å². The zero-order chi connectivity index (χ0) is 30.6. The summed E-state index contributed by atoms with van der Waals surface area (Å²) >= 11 is 0. The van der Waals surface area contributed by atoms with E-state index >= 15 is 0 Å². The minimum Gasteiger partial charge on any atom is -0.481 e. The molecule has 0 aromatic heterocycles. The average molecular weight is 589 g/mol. The summed E-state index contributed by atoms with van der Waals surface area (Å²) in [5.74, 6) is -0.804. The average Bonchev–Trinajstić information content (AvgIpc) is 3.25. The number of unbranched alkanes of at least 4 members (excludes halogenated alkanes) is 3. The van der Waals surface area contributed by atoms with Gasteiger partial charge in [0.1, 0.15) is 0 Å². The minimum atomic E-state index is -0.774. The second-order valence-electron chi connectivity index (χ2n) is 11.4. The van der Waals surface area contributed by atoms with Crippen molar-refractivity contribution in [3.8, 4) is 0 Å². The number of aliphatic hydroxyl groups is 1. The van der Waals surface area contributed by atoms with Gasteiger partial charge in [0.2, 0.25) is 0 Å². The molecule has 0 amide bonds. The van der Waals surface area contributed by atoms with Crippen molar-refractivity contribution in [1.82, 2.24) is 0 Å². The van der Waals surface area contributed by atoms with Crippen molar-refractivity contribution in [3.05, 3.63) is 60.2 Å². The monoisotopic (exact) mass is 588 g/mol. The molecule has 2 rings (SSSR count). The number of carboxylic acids is 1. The zero-order valence-electron chi connectivity index (χ0n) is 26.4. The van der Waals surface area contributed by atoms with E-state index in [1.807, 2.05) is 26.0 Å². The second-order valence-corrected chi connectivity index (χ2v) is 11.4. The molecule has 0 bridgehead atoms. The number of allylic oxidation sites excluding steroid dienone is 2. The van der Waals surface area contributed by atoms with Crippen LogP contribution in [0, 0.1) is 11.8 Å². The van der Waals surface area contributed by atoms with Crippen LogP contribution in [0.2, 0.25) is 0 Å². The van der Waals surface area contributed by atoms with E-state index in [-0.39, 0.29) is 43.0 Å². The largest absolute Gasteiger partial charge is 0.481 e. The van der Waals surface area contributed by atoms with E-state index in [0.717, 1.165) is 38.5 Å². The predicted octanol–water partition coefficient (Wildman–Crippen LogP) is 7.47. The molecular weight excluding hydrogens is 532 g/mol. The molecule has 238 valence electrons. The summed E-state index contributed by atoms with van der Waals surface area (Å²) in [6.45, 7) is 9.49. The lowest BCUT2D eigenvalue weighted by Crippen LogP contribution is -2.28. The van der Waals surface area contributed by atoms with Gasteiger partial charge >= 0.3 is 5.97 Å². The fourth-order valence-corrected chi connectivity index (χ4v) is 5.35. The Morgan fingerprint density at radius 3 is 2.36 bits per heavy atom. The molecule has 2 N–H and O–H groups in total. The highest BCUT2D eigenvalue weighted by molar-refractivity contribution is 5.66. The maximum Gasteiger partial charge on any atom is 0.303 e. The Morgan fingerprint density at radius 2 is 1.69 bits per heavy atom. The molecule has 7 nitrogen and oxygen atoms in total. The summed E-state index contributed by atoms with van der Waals surface area (Å²) in [6.07, 6.45) is 15.5. The smallest absolute Gasteiger partial charge is 0.303 e. The summed E-state index contributed by atoms with van der Waals surface area (Å²) < 4.78 is 24.5. The number of hydrogen-bond donors (Lipinski definition) is 2. The molecular formula is C35H56O7. The molecule has 1 aromatic rings. The van der Waals surface area contributed by atoms with E-state index < -0.39 is 12.1 Å². The maximum absolute atomic E-state index is 11.1. The van der Waals surface area contributed by atoms with Gasteiger partial charge in [-0.15, -0.1) is 0 Å². The molecule has 1 aliphatic carbocycles. The van der Waals surface area contributed by atoms with Crippen molar-refractivity contribution in [2.24, 2.45) is 11.8 Å². The fourth-order valence-electron chi connectivity index (χ4n) is 5.35. The number of carboxylic acid groups (broad SMARTS) is 1. The summed E-state index contributed by atoms with van der Waals surface area (Å²) in [4.78, 5) is 10.8. The van der Waals surface area contributed by atoms with Gasteiger partial charge < -0.3 is 29.2 Å². The Morgan fingerprint density at radius 1 is 1.00 bits per heavy atom. The molecule has 0 heterocycles. The number of aryl methyl sites for hydroxylation is 1. The number of aliphatic carboxylic acids is 1. The van der Waals surface area contributed by atoms with Crippen LogP contribution < -0.4 is 0 Å². The van der Waals surface area contributed by atoms with Gasteiger partial charge in [0.25, 0.3) is 0 Å². The molecule has 1 aromatic carbocycles. The number of ether oxygens (including phenoxy) is 4. The number of rotatable bonds is 23. The van der Waals surface area contributed by atoms with Crippen LogP contribution in [-0.2, 0) is 30.2 Å². The predicted molar refractivity (Wildman–Crippen MR) is 167 cm³/mol. The first kappa shape index (κ1) is 36.2. The van der Waals surface area contributed by atoms with Gasteiger partial charge in [0.05, 0.1) is 18.3 Å². The first-order valence-corrected chi connectivity index (χ1v) is 16.1. The van der Waals surface area contributed by atoms with Crippen molar-refractivity contribution in [1.29, 1.82) is 0 Å². The van der Waals surface area contributed by atoms with E-state index in [4.69, 9.17) is 24.1 Å². The molecule has 1 fully saturated rings. The first-order valence-electron chi connectivity index (χ1n) is 16.1. The van der Waals surface area contributed by atoms with Gasteiger partial charge in [-0.05, 0) is 70.3 Å². The van der Waals surface area contributed by atoms with E-state index in [2.05, 4.69) is 56.3 Å². The molecule has 0 unspecified atom stereocenters. The van der Waals surface area contributed by atoms with Crippen LogP contribution in [0.4, 0.5) is 0 Å². The van der Waals surface area contributed by atoms with Crippen molar-refractivity contribution >= 4 is 5.97 Å². The maximum atomic E-state index is 11.1. The third-order valence-corrected chi connectivity index (χ3v) is 7.77. The first-order chi connectivity index (χ1) is 20.3. The minimum absolute atomic E-state index is 0.0139. The molecule has 0 spiro atoms. The molecule has 1 aliphatic rings. The van der Waals surface area contributed by atoms with Crippen LogP contribution in [-0.4, -0.2) is 60.3 Å². The second kappa shape index (κ2) is 21.6. The number of benzene rings is 1. The lowest BCUT2D eigenvalue weighted by Gasteiger charge is -2.26. The number of hydrogen-bond acceptors (Lipinski definition) is 6. The molecule has 1 saturated carbocycles. The van der Waals surface area contributed by atoms with Gasteiger partial charge in [-0.2, -0.15) is 0 Å². The third kappa shape index (κ3) is 14.9. The van der Waals surface area contributed by atoms with Crippen LogP contribution >= 0.6 is 0 Å². The molecule has 0 saturated heterocycles. The van der Waals surface area contributed by atoms with E-state index in [1.165, 1.54) is 5.56 Å². The van der Waals surface area contributed by atoms with Gasteiger partial charge in [-0.3, -0.25) is 4.79 Å². The Bertz CT molecular complexity index is 887. The van der Waals surface area contributed by atoms with Gasteiger partial charge in [-0.25, -0.2) is 0 Å². The van der Waals surface area contributed by atoms with Crippen LogP contribution in [0.1, 0.15) is 97.5 Å². The summed E-state index contributed by atoms with van der Waals surface area (Å²) in [5.41, 5.74) is 1.26. The Labute approximate surface area is 254 Å². The van der Waals surface area contributed by atoms with E-state index in [0.29, 0.717) is 38.9 Å². The van der Waals surface area contributed by atoms with Gasteiger partial charge in [0, 0.05) is 32.0 Å². The Balaban J connectivity index is 2.16. The van der Waals surface area contributed by atoms with E-state index in [9.17, 15) is 9.90 Å². The fraction of sp³-hybridized carbons (Fsp3) is 0.686. The molecule has 0 aliphatic heterocycles. The highest BCUT2D eigenvalue weighted by Crippen LogP contribution is 2.39. The highest BCUT2D eigenvalue weighted by atomic mass is 16.7. The van der Waals surface area contributed by atoms with Crippen molar-refractivity contribution < 1.29 is 34.0 Å².